The topological polar surface area (TPSA) is 59.4 Å². The summed E-state index contributed by atoms with van der Waals surface area (Å²) in [6, 6.07) is 8.58. The SMILES string of the molecule is CC1CN(Cc2ccc(CNc3cnn(C)c(=O)c3Br)cc2)CC(C)O1. The molecule has 1 aliphatic rings. The normalized spacial score (nSPS) is 20.9. The van der Waals surface area contributed by atoms with Gasteiger partial charge in [0.05, 0.1) is 24.1 Å². The summed E-state index contributed by atoms with van der Waals surface area (Å²) >= 11 is 3.33. The van der Waals surface area contributed by atoms with Gasteiger partial charge < -0.3 is 10.1 Å². The Hall–Kier alpha value is -1.70. The molecule has 3 rings (SSSR count). The third-order valence-corrected chi connectivity index (χ3v) is 5.25. The summed E-state index contributed by atoms with van der Waals surface area (Å²) < 4.78 is 7.59. The minimum Gasteiger partial charge on any atom is -0.379 e. The van der Waals surface area contributed by atoms with Gasteiger partial charge in [-0.2, -0.15) is 5.10 Å². The van der Waals surface area contributed by atoms with E-state index in [1.165, 1.54) is 10.2 Å². The molecule has 0 spiro atoms. The molecule has 0 amide bonds. The van der Waals surface area contributed by atoms with E-state index in [0.29, 0.717) is 16.7 Å². The van der Waals surface area contributed by atoms with E-state index >= 15 is 0 Å². The molecule has 2 atom stereocenters. The highest BCUT2D eigenvalue weighted by molar-refractivity contribution is 9.10. The van der Waals surface area contributed by atoms with Crippen molar-refractivity contribution in [2.75, 3.05) is 18.4 Å². The fraction of sp³-hybridized carbons (Fsp3) is 0.474. The molecule has 7 heteroatoms. The van der Waals surface area contributed by atoms with Crippen molar-refractivity contribution in [2.45, 2.75) is 39.1 Å². The van der Waals surface area contributed by atoms with Crippen molar-refractivity contribution in [3.05, 3.63) is 56.4 Å². The van der Waals surface area contributed by atoms with E-state index in [0.717, 1.165) is 25.2 Å². The highest BCUT2D eigenvalue weighted by Gasteiger charge is 2.21. The summed E-state index contributed by atoms with van der Waals surface area (Å²) in [5, 5.41) is 7.30. The van der Waals surface area contributed by atoms with Gasteiger partial charge in [0.2, 0.25) is 0 Å². The fourth-order valence-electron chi connectivity index (χ4n) is 3.27. The van der Waals surface area contributed by atoms with Gasteiger partial charge in [0.15, 0.2) is 0 Å². The highest BCUT2D eigenvalue weighted by Crippen LogP contribution is 2.18. The molecule has 1 aromatic carbocycles. The molecular weight excluding hydrogens is 396 g/mol. The summed E-state index contributed by atoms with van der Waals surface area (Å²) in [4.78, 5) is 14.3. The first kappa shape index (κ1) is 19.1. The average Bonchev–Trinajstić information content (AvgIpc) is 2.59. The van der Waals surface area contributed by atoms with Crippen LogP contribution in [0, 0.1) is 0 Å². The predicted octanol–water partition coefficient (Wildman–Crippen LogP) is 2.76. The summed E-state index contributed by atoms with van der Waals surface area (Å²) in [5.74, 6) is 0. The number of anilines is 1. The first-order valence-corrected chi connectivity index (χ1v) is 9.63. The van der Waals surface area contributed by atoms with Crippen molar-refractivity contribution in [3.8, 4) is 0 Å². The monoisotopic (exact) mass is 420 g/mol. The Balaban J connectivity index is 1.58. The smallest absolute Gasteiger partial charge is 0.282 e. The van der Waals surface area contributed by atoms with Crippen LogP contribution in [0.15, 0.2) is 39.7 Å². The van der Waals surface area contributed by atoms with Crippen molar-refractivity contribution < 1.29 is 4.74 Å². The second-order valence-corrected chi connectivity index (χ2v) is 7.72. The molecule has 2 aromatic rings. The first-order chi connectivity index (χ1) is 12.4. The third kappa shape index (κ3) is 4.72. The number of hydrogen-bond acceptors (Lipinski definition) is 5. The molecule has 1 aromatic heterocycles. The summed E-state index contributed by atoms with van der Waals surface area (Å²) in [7, 11) is 1.63. The molecule has 0 aliphatic carbocycles. The molecule has 1 saturated heterocycles. The lowest BCUT2D eigenvalue weighted by molar-refractivity contribution is -0.0704. The number of hydrogen-bond donors (Lipinski definition) is 1. The van der Waals surface area contributed by atoms with Crippen LogP contribution < -0.4 is 10.9 Å². The molecule has 2 unspecified atom stereocenters. The zero-order chi connectivity index (χ0) is 18.7. The number of halogens is 1. The maximum absolute atomic E-state index is 11.9. The Bertz CT molecular complexity index is 796. The van der Waals surface area contributed by atoms with Crippen LogP contribution in [0.5, 0.6) is 0 Å². The molecule has 0 radical (unpaired) electrons. The van der Waals surface area contributed by atoms with E-state index < -0.39 is 0 Å². The van der Waals surface area contributed by atoms with Gasteiger partial charge in [-0.15, -0.1) is 0 Å². The molecule has 1 fully saturated rings. The number of nitrogens with one attached hydrogen (secondary N) is 1. The molecule has 140 valence electrons. The molecule has 0 saturated carbocycles. The van der Waals surface area contributed by atoms with Crippen molar-refractivity contribution >= 4 is 21.6 Å². The predicted molar refractivity (Wildman–Crippen MR) is 106 cm³/mol. The lowest BCUT2D eigenvalue weighted by Gasteiger charge is -2.35. The Morgan fingerprint density at radius 3 is 2.46 bits per heavy atom. The Kier molecular flexibility index (Phi) is 6.11. The van der Waals surface area contributed by atoms with Crippen molar-refractivity contribution in [1.82, 2.24) is 14.7 Å². The molecule has 2 heterocycles. The van der Waals surface area contributed by atoms with E-state index in [2.05, 4.69) is 69.4 Å². The zero-order valence-corrected chi connectivity index (χ0v) is 17.0. The number of aryl methyl sites for hydroxylation is 1. The van der Waals surface area contributed by atoms with Crippen molar-refractivity contribution in [1.29, 1.82) is 0 Å². The summed E-state index contributed by atoms with van der Waals surface area (Å²) in [6.07, 6.45) is 2.22. The van der Waals surface area contributed by atoms with Crippen LogP contribution >= 0.6 is 15.9 Å². The molecule has 26 heavy (non-hydrogen) atoms. The van der Waals surface area contributed by atoms with E-state index in [-0.39, 0.29) is 17.8 Å². The fourth-order valence-corrected chi connectivity index (χ4v) is 3.76. The largest absolute Gasteiger partial charge is 0.379 e. The van der Waals surface area contributed by atoms with Gasteiger partial charge >= 0.3 is 0 Å². The number of morpholine rings is 1. The molecular formula is C19H25BrN4O2. The maximum Gasteiger partial charge on any atom is 0.282 e. The number of aromatic nitrogens is 2. The molecule has 6 nitrogen and oxygen atoms in total. The van der Waals surface area contributed by atoms with E-state index in [1.807, 2.05) is 0 Å². The van der Waals surface area contributed by atoms with Crippen LogP contribution in [0.3, 0.4) is 0 Å². The van der Waals surface area contributed by atoms with Gasteiger partial charge in [-0.05, 0) is 40.9 Å². The van der Waals surface area contributed by atoms with Crippen LogP contribution in [0.2, 0.25) is 0 Å². The summed E-state index contributed by atoms with van der Waals surface area (Å²) in [5.41, 5.74) is 3.00. The number of nitrogens with zero attached hydrogens (tertiary/aromatic N) is 3. The second-order valence-electron chi connectivity index (χ2n) is 6.92. The van der Waals surface area contributed by atoms with Crippen molar-refractivity contribution in [3.63, 3.8) is 0 Å². The minimum atomic E-state index is -0.153. The lowest BCUT2D eigenvalue weighted by Crippen LogP contribution is -2.44. The van der Waals surface area contributed by atoms with Crippen LogP contribution in [0.4, 0.5) is 5.69 Å². The number of benzene rings is 1. The van der Waals surface area contributed by atoms with E-state index in [4.69, 9.17) is 4.74 Å². The summed E-state index contributed by atoms with van der Waals surface area (Å²) in [6.45, 7) is 7.77. The standard InChI is InChI=1S/C19H25BrN4O2/c1-13-10-24(11-14(2)26-13)12-16-6-4-15(5-7-16)8-21-17-9-22-23(3)19(25)18(17)20/h4-7,9,13-14,21H,8,10-12H2,1-3H3. The van der Waals surface area contributed by atoms with E-state index in [1.54, 1.807) is 13.2 Å². The zero-order valence-electron chi connectivity index (χ0n) is 15.4. The Morgan fingerprint density at radius 1 is 1.19 bits per heavy atom. The van der Waals surface area contributed by atoms with Gasteiger partial charge in [0, 0.05) is 33.2 Å². The first-order valence-electron chi connectivity index (χ1n) is 8.83. The molecule has 1 N–H and O–H groups in total. The highest BCUT2D eigenvalue weighted by atomic mass is 79.9. The van der Waals surface area contributed by atoms with Crippen LogP contribution in [-0.2, 0) is 24.9 Å². The van der Waals surface area contributed by atoms with E-state index in [9.17, 15) is 4.79 Å². The Labute approximate surface area is 162 Å². The average molecular weight is 421 g/mol. The van der Waals surface area contributed by atoms with Crippen LogP contribution in [0.1, 0.15) is 25.0 Å². The molecule has 0 bridgehead atoms. The number of rotatable bonds is 5. The van der Waals surface area contributed by atoms with Gasteiger partial charge in [0.25, 0.3) is 5.56 Å². The Morgan fingerprint density at radius 2 is 1.81 bits per heavy atom. The second kappa shape index (κ2) is 8.33. The van der Waals surface area contributed by atoms with Gasteiger partial charge in [-0.3, -0.25) is 9.69 Å². The van der Waals surface area contributed by atoms with Crippen LogP contribution in [-0.4, -0.2) is 40.0 Å². The lowest BCUT2D eigenvalue weighted by atomic mass is 10.1. The number of ether oxygens (including phenoxy) is 1. The molecule has 1 aliphatic heterocycles. The third-order valence-electron chi connectivity index (χ3n) is 4.49. The van der Waals surface area contributed by atoms with Gasteiger partial charge in [-0.25, -0.2) is 4.68 Å². The minimum absolute atomic E-state index is 0.153. The van der Waals surface area contributed by atoms with Crippen molar-refractivity contribution in [2.24, 2.45) is 7.05 Å². The van der Waals surface area contributed by atoms with Crippen LogP contribution in [0.25, 0.3) is 0 Å². The van der Waals surface area contributed by atoms with Gasteiger partial charge in [0.1, 0.15) is 4.47 Å². The van der Waals surface area contributed by atoms with Gasteiger partial charge in [-0.1, -0.05) is 24.3 Å². The maximum atomic E-state index is 11.9. The quantitative estimate of drug-likeness (QED) is 0.805.